The summed E-state index contributed by atoms with van der Waals surface area (Å²) in [5.74, 6) is -1.06. The molecule has 7 heteroatoms. The topological polar surface area (TPSA) is 69.6 Å². The molecule has 4 atom stereocenters. The number of carbonyl (C=O) groups is 2. The molecule has 1 heterocycles. The highest BCUT2D eigenvalue weighted by Crippen LogP contribution is 2.47. The third kappa shape index (κ3) is 5.26. The van der Waals surface area contributed by atoms with Crippen LogP contribution in [-0.4, -0.2) is 40.5 Å². The molecule has 192 valence electrons. The second-order valence-corrected chi connectivity index (χ2v) is 10.7. The van der Waals surface area contributed by atoms with Crippen LogP contribution in [0.1, 0.15) is 64.7 Å². The number of fused-ring (bicyclic) bond motifs is 1. The first-order valence-corrected chi connectivity index (χ1v) is 13.6. The van der Waals surface area contributed by atoms with Gasteiger partial charge in [-0.2, -0.15) is 0 Å². The lowest BCUT2D eigenvalue weighted by atomic mass is 9.76. The molecule has 1 fully saturated rings. The summed E-state index contributed by atoms with van der Waals surface area (Å²) in [7, 11) is 0. The van der Waals surface area contributed by atoms with Crippen molar-refractivity contribution >= 4 is 35.0 Å². The Kier molecular flexibility index (Phi) is 7.84. The van der Waals surface area contributed by atoms with E-state index in [1.807, 2.05) is 48.5 Å². The molecule has 0 unspecified atom stereocenters. The van der Waals surface area contributed by atoms with Gasteiger partial charge in [0.2, 0.25) is 5.91 Å². The smallest absolute Gasteiger partial charge is 0.255 e. The fourth-order valence-electron chi connectivity index (χ4n) is 5.77. The Morgan fingerprint density at radius 1 is 0.946 bits per heavy atom. The number of aliphatic hydroxyl groups excluding tert-OH is 1. The van der Waals surface area contributed by atoms with Crippen molar-refractivity contribution in [2.75, 3.05) is 6.54 Å². The number of nitrogens with one attached hydrogen (secondary N) is 1. The second-order valence-electron chi connectivity index (χ2n) is 9.83. The van der Waals surface area contributed by atoms with Crippen molar-refractivity contribution in [2.24, 2.45) is 0 Å². The van der Waals surface area contributed by atoms with Crippen LogP contribution in [0.3, 0.4) is 0 Å². The molecule has 2 aliphatic rings. The number of halogens is 2. The largest absolute Gasteiger partial charge is 0.391 e. The predicted molar refractivity (Wildman–Crippen MR) is 146 cm³/mol. The first-order chi connectivity index (χ1) is 18.0. The van der Waals surface area contributed by atoms with Crippen LogP contribution < -0.4 is 5.32 Å². The zero-order valence-electron chi connectivity index (χ0n) is 20.4. The Balaban J connectivity index is 1.57. The van der Waals surface area contributed by atoms with Gasteiger partial charge < -0.3 is 15.3 Å². The lowest BCUT2D eigenvalue weighted by molar-refractivity contribution is -0.125. The van der Waals surface area contributed by atoms with E-state index < -0.39 is 24.1 Å². The number of hydrogen-bond acceptors (Lipinski definition) is 3. The van der Waals surface area contributed by atoms with Crippen molar-refractivity contribution in [3.05, 3.63) is 105 Å². The molecule has 5 rings (SSSR count). The van der Waals surface area contributed by atoms with Crippen LogP contribution in [0, 0.1) is 0 Å². The summed E-state index contributed by atoms with van der Waals surface area (Å²) in [5.41, 5.74) is 2.94. The number of amides is 2. The van der Waals surface area contributed by atoms with Crippen LogP contribution in [0.15, 0.2) is 72.8 Å². The highest BCUT2D eigenvalue weighted by molar-refractivity contribution is 6.35. The van der Waals surface area contributed by atoms with Gasteiger partial charge in [-0.15, -0.1) is 0 Å². The summed E-state index contributed by atoms with van der Waals surface area (Å²) in [5, 5.41) is 15.0. The van der Waals surface area contributed by atoms with Crippen molar-refractivity contribution in [1.29, 1.82) is 0 Å². The number of nitrogens with zero attached hydrogens (tertiary/aromatic N) is 1. The third-order valence-corrected chi connectivity index (χ3v) is 8.11. The van der Waals surface area contributed by atoms with Gasteiger partial charge in [0.15, 0.2) is 0 Å². The highest BCUT2D eigenvalue weighted by Gasteiger charge is 2.48. The minimum Gasteiger partial charge on any atom is -0.391 e. The van der Waals surface area contributed by atoms with Gasteiger partial charge in [0.25, 0.3) is 5.91 Å². The summed E-state index contributed by atoms with van der Waals surface area (Å²) in [6.07, 6.45) is 3.12. The molecule has 0 aromatic heterocycles. The van der Waals surface area contributed by atoms with E-state index in [9.17, 15) is 14.7 Å². The minimum atomic E-state index is -0.697. The average molecular weight is 537 g/mol. The van der Waals surface area contributed by atoms with E-state index in [1.54, 1.807) is 29.2 Å². The Morgan fingerprint density at radius 3 is 2.43 bits per heavy atom. The summed E-state index contributed by atoms with van der Waals surface area (Å²) in [6, 6.07) is 21.3. The molecule has 0 bridgehead atoms. The number of carbonyl (C=O) groups excluding carboxylic acids is 2. The molecule has 2 amide bonds. The Morgan fingerprint density at radius 2 is 1.68 bits per heavy atom. The van der Waals surface area contributed by atoms with Gasteiger partial charge in [0.05, 0.1) is 24.1 Å². The van der Waals surface area contributed by atoms with Crippen LogP contribution in [0.4, 0.5) is 0 Å². The van der Waals surface area contributed by atoms with Crippen LogP contribution in [-0.2, 0) is 11.2 Å². The first-order valence-electron chi connectivity index (χ1n) is 12.8. The van der Waals surface area contributed by atoms with E-state index in [1.165, 1.54) is 0 Å². The van der Waals surface area contributed by atoms with Crippen molar-refractivity contribution in [1.82, 2.24) is 10.2 Å². The summed E-state index contributed by atoms with van der Waals surface area (Å²) in [4.78, 5) is 29.7. The third-order valence-electron chi connectivity index (χ3n) is 7.55. The fourth-order valence-corrected chi connectivity index (χ4v) is 6.29. The molecular formula is C30H30Cl2N2O3. The predicted octanol–water partition coefficient (Wildman–Crippen LogP) is 5.94. The van der Waals surface area contributed by atoms with Gasteiger partial charge in [-0.1, -0.05) is 90.6 Å². The van der Waals surface area contributed by atoms with Gasteiger partial charge in [0.1, 0.15) is 0 Å². The van der Waals surface area contributed by atoms with Gasteiger partial charge in [0, 0.05) is 22.2 Å². The molecule has 0 spiro atoms. The standard InChI is InChI=1S/C30H30Cl2N2O3/c31-20-14-15-23(24(32)18-20)28-27(29(36)33-17-16-19-8-2-1-3-9-19)21-10-4-5-11-22(21)30(37)34(28)25-12-6-7-13-26(25)35/h1-5,8-11,14-15,18,25-28,35H,6-7,12-13,16-17H2,(H,33,36)/t25-,26-,27-,28+/m1/s1. The molecule has 1 aliphatic carbocycles. The van der Waals surface area contributed by atoms with E-state index in [2.05, 4.69) is 5.32 Å². The second kappa shape index (κ2) is 11.3. The monoisotopic (exact) mass is 536 g/mol. The Labute approximate surface area is 227 Å². The minimum absolute atomic E-state index is 0.179. The van der Waals surface area contributed by atoms with Crippen LogP contribution >= 0.6 is 23.2 Å². The van der Waals surface area contributed by atoms with Crippen LogP contribution in [0.5, 0.6) is 0 Å². The van der Waals surface area contributed by atoms with Gasteiger partial charge >= 0.3 is 0 Å². The maximum Gasteiger partial charge on any atom is 0.255 e. The van der Waals surface area contributed by atoms with E-state index >= 15 is 0 Å². The quantitative estimate of drug-likeness (QED) is 0.409. The molecule has 2 N–H and O–H groups in total. The lowest BCUT2D eigenvalue weighted by Gasteiger charge is -2.48. The van der Waals surface area contributed by atoms with Crippen LogP contribution in [0.2, 0.25) is 10.0 Å². The van der Waals surface area contributed by atoms with E-state index in [0.717, 1.165) is 18.4 Å². The first kappa shape index (κ1) is 25.8. The molecule has 5 nitrogen and oxygen atoms in total. The zero-order valence-corrected chi connectivity index (χ0v) is 22.0. The maximum absolute atomic E-state index is 14.0. The number of benzene rings is 3. The fraction of sp³-hybridized carbons (Fsp3) is 0.333. The van der Waals surface area contributed by atoms with Crippen molar-refractivity contribution in [2.45, 2.75) is 56.2 Å². The van der Waals surface area contributed by atoms with Crippen molar-refractivity contribution < 1.29 is 14.7 Å². The van der Waals surface area contributed by atoms with E-state index in [4.69, 9.17) is 23.2 Å². The molecule has 37 heavy (non-hydrogen) atoms. The lowest BCUT2D eigenvalue weighted by Crippen LogP contribution is -2.55. The number of aliphatic hydroxyl groups is 1. The molecule has 0 saturated heterocycles. The SMILES string of the molecule is O=C(NCCc1ccccc1)[C@@H]1c2ccccc2C(=O)N([C@@H]2CCCC[C@H]2O)[C@H]1c1ccc(Cl)cc1Cl. The van der Waals surface area contributed by atoms with E-state index in [-0.39, 0.29) is 11.8 Å². The normalized spacial score (nSPS) is 23.4. The average Bonchev–Trinajstić information content (AvgIpc) is 2.90. The molecular weight excluding hydrogens is 507 g/mol. The van der Waals surface area contributed by atoms with Crippen molar-refractivity contribution in [3.63, 3.8) is 0 Å². The summed E-state index contributed by atoms with van der Waals surface area (Å²) in [6.45, 7) is 0.461. The number of rotatable bonds is 6. The number of hydrogen-bond donors (Lipinski definition) is 2. The van der Waals surface area contributed by atoms with Gasteiger partial charge in [-0.3, -0.25) is 9.59 Å². The summed E-state index contributed by atoms with van der Waals surface area (Å²) < 4.78 is 0. The molecule has 1 saturated carbocycles. The Hall–Kier alpha value is -2.86. The zero-order chi connectivity index (χ0) is 25.9. The van der Waals surface area contributed by atoms with E-state index in [0.29, 0.717) is 52.5 Å². The van der Waals surface area contributed by atoms with Crippen molar-refractivity contribution in [3.8, 4) is 0 Å². The summed E-state index contributed by atoms with van der Waals surface area (Å²) >= 11 is 12.9. The van der Waals surface area contributed by atoms with Gasteiger partial charge in [-0.05, 0) is 54.2 Å². The maximum atomic E-state index is 14.0. The Bertz CT molecular complexity index is 1280. The molecule has 0 radical (unpaired) electrons. The molecule has 1 aliphatic heterocycles. The molecule has 3 aromatic carbocycles. The molecule has 3 aromatic rings. The van der Waals surface area contributed by atoms with Crippen LogP contribution in [0.25, 0.3) is 0 Å². The van der Waals surface area contributed by atoms with Gasteiger partial charge in [-0.25, -0.2) is 0 Å². The highest BCUT2D eigenvalue weighted by atomic mass is 35.5.